The summed E-state index contributed by atoms with van der Waals surface area (Å²) in [5, 5.41) is 7.80. The van der Waals surface area contributed by atoms with E-state index in [1.807, 2.05) is 30.3 Å². The van der Waals surface area contributed by atoms with Gasteiger partial charge in [-0.2, -0.15) is 0 Å². The maximum Gasteiger partial charge on any atom is 0.251 e. The van der Waals surface area contributed by atoms with E-state index in [1.54, 1.807) is 6.07 Å². The van der Waals surface area contributed by atoms with Crippen molar-refractivity contribution >= 4 is 29.3 Å². The lowest BCUT2D eigenvalue weighted by atomic mass is 9.95. The van der Waals surface area contributed by atoms with Crippen molar-refractivity contribution in [1.29, 1.82) is 0 Å². The number of benzene rings is 1. The highest BCUT2D eigenvalue weighted by Crippen LogP contribution is 2.31. The van der Waals surface area contributed by atoms with Crippen LogP contribution in [0.2, 0.25) is 5.22 Å². The lowest BCUT2D eigenvalue weighted by Crippen LogP contribution is -2.42. The molecule has 2 aliphatic rings. The van der Waals surface area contributed by atoms with Crippen LogP contribution in [0, 0.1) is 0 Å². The largest absolute Gasteiger partial charge is 0.438 e. The minimum absolute atomic E-state index is 0.00180. The third-order valence-electron chi connectivity index (χ3n) is 4.50. The Morgan fingerprint density at radius 1 is 1.22 bits per heavy atom. The quantitative estimate of drug-likeness (QED) is 0.884. The third kappa shape index (κ3) is 3.27. The van der Waals surface area contributed by atoms with Crippen molar-refractivity contribution in [3.63, 3.8) is 0 Å². The van der Waals surface area contributed by atoms with Gasteiger partial charge in [-0.05, 0) is 67.3 Å². The molecule has 2 aliphatic heterocycles. The van der Waals surface area contributed by atoms with Gasteiger partial charge in [-0.1, -0.05) is 11.8 Å². The first kappa shape index (κ1) is 15.1. The number of rotatable bonds is 4. The van der Waals surface area contributed by atoms with Crippen LogP contribution in [0.5, 0.6) is 0 Å². The van der Waals surface area contributed by atoms with Gasteiger partial charge in [0, 0.05) is 28.6 Å². The molecule has 0 saturated carbocycles. The topological polar surface area (TPSA) is 54.3 Å². The first-order chi connectivity index (χ1) is 11.2. The molecule has 2 N–H and O–H groups in total. The van der Waals surface area contributed by atoms with E-state index < -0.39 is 0 Å². The summed E-state index contributed by atoms with van der Waals surface area (Å²) in [6, 6.07) is 12.4. The van der Waals surface area contributed by atoms with Crippen LogP contribution in [0.25, 0.3) is 0 Å². The van der Waals surface area contributed by atoms with E-state index in [0.29, 0.717) is 22.9 Å². The molecule has 120 valence electrons. The fourth-order valence-corrected chi connectivity index (χ4v) is 4.34. The molecule has 4 nitrogen and oxygen atoms in total. The molecule has 1 amide bonds. The zero-order chi connectivity index (χ0) is 15.8. The van der Waals surface area contributed by atoms with Gasteiger partial charge in [-0.3, -0.25) is 4.79 Å². The second kappa shape index (κ2) is 6.23. The molecule has 3 unspecified atom stereocenters. The molecule has 2 bridgehead atoms. The summed E-state index contributed by atoms with van der Waals surface area (Å²) < 4.78 is 5.32. The Labute approximate surface area is 144 Å². The second-order valence-corrected chi connectivity index (χ2v) is 7.50. The summed E-state index contributed by atoms with van der Waals surface area (Å²) >= 11 is 7.24. The molecular formula is C17H17ClN2O2S. The van der Waals surface area contributed by atoms with Gasteiger partial charge in [0.2, 0.25) is 0 Å². The second-order valence-electron chi connectivity index (χ2n) is 6.05. The van der Waals surface area contributed by atoms with Crippen molar-refractivity contribution in [1.82, 2.24) is 10.6 Å². The fourth-order valence-electron chi connectivity index (χ4n) is 3.38. The van der Waals surface area contributed by atoms with Crippen molar-refractivity contribution in [2.24, 2.45) is 0 Å². The predicted molar refractivity (Wildman–Crippen MR) is 90.1 cm³/mol. The Hall–Kier alpha value is -1.43. The summed E-state index contributed by atoms with van der Waals surface area (Å²) in [4.78, 5) is 13.4. The molecule has 2 saturated heterocycles. The highest BCUT2D eigenvalue weighted by Gasteiger charge is 2.39. The van der Waals surface area contributed by atoms with Crippen LogP contribution in [0.4, 0.5) is 0 Å². The van der Waals surface area contributed by atoms with Gasteiger partial charge in [0.1, 0.15) is 0 Å². The molecule has 3 atom stereocenters. The number of hydrogen-bond acceptors (Lipinski definition) is 4. The average molecular weight is 349 g/mol. The Balaban J connectivity index is 1.38. The monoisotopic (exact) mass is 348 g/mol. The molecule has 1 aromatic carbocycles. The highest BCUT2D eigenvalue weighted by atomic mass is 35.5. The van der Waals surface area contributed by atoms with Crippen molar-refractivity contribution < 1.29 is 9.21 Å². The summed E-state index contributed by atoms with van der Waals surface area (Å²) in [6.45, 7) is 0. The van der Waals surface area contributed by atoms with Crippen molar-refractivity contribution in [3.05, 3.63) is 47.2 Å². The molecule has 2 fully saturated rings. The van der Waals surface area contributed by atoms with Crippen LogP contribution < -0.4 is 10.6 Å². The first-order valence-electron chi connectivity index (χ1n) is 7.77. The normalized spacial score (nSPS) is 25.7. The molecule has 3 heterocycles. The molecule has 0 radical (unpaired) electrons. The van der Waals surface area contributed by atoms with E-state index in [9.17, 15) is 4.79 Å². The fraction of sp³-hybridized carbons (Fsp3) is 0.353. The number of carbonyl (C=O) groups excluding carboxylic acids is 1. The molecule has 23 heavy (non-hydrogen) atoms. The lowest BCUT2D eigenvalue weighted by Gasteiger charge is -2.21. The molecule has 1 aromatic heterocycles. The van der Waals surface area contributed by atoms with E-state index >= 15 is 0 Å². The zero-order valence-electron chi connectivity index (χ0n) is 12.4. The van der Waals surface area contributed by atoms with Gasteiger partial charge in [-0.15, -0.1) is 0 Å². The van der Waals surface area contributed by atoms with Crippen molar-refractivity contribution in [2.45, 2.75) is 47.4 Å². The maximum atomic E-state index is 12.4. The Kier molecular flexibility index (Phi) is 4.09. The number of nitrogens with one attached hydrogen (secondary N) is 2. The smallest absolute Gasteiger partial charge is 0.251 e. The van der Waals surface area contributed by atoms with Gasteiger partial charge in [-0.25, -0.2) is 0 Å². The Bertz CT molecular complexity index is 716. The minimum atomic E-state index is 0.00180. The maximum absolute atomic E-state index is 12.4. The molecule has 6 heteroatoms. The van der Waals surface area contributed by atoms with E-state index in [2.05, 4.69) is 10.6 Å². The number of hydrogen-bond donors (Lipinski definition) is 2. The van der Waals surface area contributed by atoms with Gasteiger partial charge in [0.05, 0.1) is 0 Å². The molecule has 0 spiro atoms. The van der Waals surface area contributed by atoms with Crippen LogP contribution >= 0.6 is 23.4 Å². The molecule has 2 aromatic rings. The third-order valence-corrected chi connectivity index (χ3v) is 5.63. The standard InChI is InChI=1S/C17H17ClN2O2S/c18-15-7-8-16(22-15)23-12-4-1-10(2-5-12)17(21)20-14-9-11-3-6-13(14)19-11/h1-2,4-5,7-8,11,13-14,19H,3,6,9H2,(H,20,21). The molecule has 0 aliphatic carbocycles. The van der Waals surface area contributed by atoms with Crippen molar-refractivity contribution in [2.75, 3.05) is 0 Å². The van der Waals surface area contributed by atoms with E-state index in [0.717, 1.165) is 22.8 Å². The van der Waals surface area contributed by atoms with Crippen LogP contribution in [0.15, 0.2) is 50.8 Å². The van der Waals surface area contributed by atoms with E-state index in [1.165, 1.54) is 18.2 Å². The first-order valence-corrected chi connectivity index (χ1v) is 8.97. The van der Waals surface area contributed by atoms with Crippen LogP contribution in [-0.2, 0) is 0 Å². The Morgan fingerprint density at radius 3 is 2.65 bits per heavy atom. The minimum Gasteiger partial charge on any atom is -0.438 e. The van der Waals surface area contributed by atoms with Crippen LogP contribution in [0.3, 0.4) is 0 Å². The van der Waals surface area contributed by atoms with Gasteiger partial charge < -0.3 is 15.1 Å². The predicted octanol–water partition coefficient (Wildman–Crippen LogP) is 3.71. The zero-order valence-corrected chi connectivity index (χ0v) is 14.0. The summed E-state index contributed by atoms with van der Waals surface area (Å²) in [6.07, 6.45) is 3.44. The molecule has 4 rings (SSSR count). The van der Waals surface area contributed by atoms with E-state index in [-0.39, 0.29) is 11.9 Å². The van der Waals surface area contributed by atoms with Gasteiger partial charge >= 0.3 is 0 Å². The average Bonchev–Trinajstić information content (AvgIpc) is 3.25. The number of furan rings is 1. The lowest BCUT2D eigenvalue weighted by molar-refractivity contribution is 0.0931. The molecular weight excluding hydrogens is 332 g/mol. The Morgan fingerprint density at radius 2 is 2.04 bits per heavy atom. The van der Waals surface area contributed by atoms with Crippen LogP contribution in [0.1, 0.15) is 29.6 Å². The number of halogens is 1. The van der Waals surface area contributed by atoms with Gasteiger partial charge in [0.15, 0.2) is 10.3 Å². The van der Waals surface area contributed by atoms with Gasteiger partial charge in [0.25, 0.3) is 5.91 Å². The van der Waals surface area contributed by atoms with Crippen LogP contribution in [-0.4, -0.2) is 24.0 Å². The van der Waals surface area contributed by atoms with E-state index in [4.69, 9.17) is 16.0 Å². The number of carbonyl (C=O) groups is 1. The number of fused-ring (bicyclic) bond motifs is 2. The van der Waals surface area contributed by atoms with Crippen molar-refractivity contribution in [3.8, 4) is 0 Å². The summed E-state index contributed by atoms with van der Waals surface area (Å²) in [5.74, 6) is 0.00180. The summed E-state index contributed by atoms with van der Waals surface area (Å²) in [5.41, 5.74) is 0.689. The highest BCUT2D eigenvalue weighted by molar-refractivity contribution is 7.99. The number of amides is 1. The SMILES string of the molecule is O=C(NC1CC2CCC1N2)c1ccc(Sc2ccc(Cl)o2)cc1. The summed E-state index contributed by atoms with van der Waals surface area (Å²) in [7, 11) is 0.